The fourth-order valence-corrected chi connectivity index (χ4v) is 2.94. The van der Waals surface area contributed by atoms with Crippen LogP contribution in [-0.4, -0.2) is 22.4 Å². The Morgan fingerprint density at radius 2 is 2.27 bits per heavy atom. The molecule has 1 aliphatic rings. The lowest BCUT2D eigenvalue weighted by atomic mass is 10.0. The molecule has 2 aromatic heterocycles. The molecule has 0 saturated carbocycles. The lowest BCUT2D eigenvalue weighted by Crippen LogP contribution is -2.44. The second kappa shape index (κ2) is 7.23. The van der Waals surface area contributed by atoms with Gasteiger partial charge in [0, 0.05) is 35.1 Å². The summed E-state index contributed by atoms with van der Waals surface area (Å²) in [5.74, 6) is -0.259. The standard InChI is InChI=1S/C19H19N5O2/c1-11-14(19(26)24-17-5-6-21-10-15(11)17)7-18(25)23-12(2)16-4-3-13(8-20)9-22-16/h3-5,9-10,12,21H,6-7H2,1-2H3,(H,23,25)(H,24,26)/t12-/m0/s1. The van der Waals surface area contributed by atoms with E-state index in [1.54, 1.807) is 12.1 Å². The third-order valence-electron chi connectivity index (χ3n) is 4.41. The van der Waals surface area contributed by atoms with Gasteiger partial charge in [-0.1, -0.05) is 0 Å². The van der Waals surface area contributed by atoms with Gasteiger partial charge < -0.3 is 15.6 Å². The van der Waals surface area contributed by atoms with Crippen molar-refractivity contribution in [1.82, 2.24) is 20.6 Å². The normalized spacial score (nSPS) is 13.3. The molecular weight excluding hydrogens is 330 g/mol. The molecule has 1 aliphatic heterocycles. The third kappa shape index (κ3) is 3.49. The number of aromatic nitrogens is 2. The molecule has 2 aromatic rings. The summed E-state index contributed by atoms with van der Waals surface area (Å²) in [6, 6.07) is 5.04. The number of aromatic amines is 1. The van der Waals surface area contributed by atoms with Gasteiger partial charge in [0.25, 0.3) is 5.56 Å². The van der Waals surface area contributed by atoms with E-state index in [0.717, 1.165) is 16.1 Å². The Morgan fingerprint density at radius 3 is 2.96 bits per heavy atom. The van der Waals surface area contributed by atoms with Gasteiger partial charge in [0.15, 0.2) is 0 Å². The number of fused-ring (bicyclic) bond motifs is 1. The molecule has 0 bridgehead atoms. The Labute approximate surface area is 150 Å². The predicted octanol–water partition coefficient (Wildman–Crippen LogP) is -0.508. The van der Waals surface area contributed by atoms with Crippen LogP contribution in [0.3, 0.4) is 0 Å². The molecule has 0 saturated heterocycles. The van der Waals surface area contributed by atoms with E-state index in [1.807, 2.05) is 32.2 Å². The molecule has 0 aliphatic carbocycles. The van der Waals surface area contributed by atoms with Gasteiger partial charge in [-0.2, -0.15) is 5.26 Å². The summed E-state index contributed by atoms with van der Waals surface area (Å²) in [5, 5.41) is 16.5. The minimum atomic E-state index is -0.325. The van der Waals surface area contributed by atoms with Gasteiger partial charge in [-0.25, -0.2) is 0 Å². The summed E-state index contributed by atoms with van der Waals surface area (Å²) in [6.07, 6.45) is 5.22. The molecule has 0 fully saturated rings. The first-order valence-corrected chi connectivity index (χ1v) is 8.30. The Balaban J connectivity index is 1.78. The minimum absolute atomic E-state index is 0.0110. The Bertz CT molecular complexity index is 1060. The molecule has 7 nitrogen and oxygen atoms in total. The third-order valence-corrected chi connectivity index (χ3v) is 4.41. The van der Waals surface area contributed by atoms with Crippen molar-refractivity contribution in [2.45, 2.75) is 26.3 Å². The van der Waals surface area contributed by atoms with Crippen LogP contribution in [-0.2, 0) is 11.2 Å². The van der Waals surface area contributed by atoms with Crippen LogP contribution in [0.5, 0.6) is 0 Å². The fraction of sp³-hybridized carbons (Fsp3) is 0.263. The van der Waals surface area contributed by atoms with Crippen LogP contribution in [0.25, 0.3) is 12.3 Å². The second-order valence-electron chi connectivity index (χ2n) is 6.19. The molecule has 0 aromatic carbocycles. The van der Waals surface area contributed by atoms with E-state index >= 15 is 0 Å². The average Bonchev–Trinajstić information content (AvgIpc) is 2.65. The van der Waals surface area contributed by atoms with E-state index in [2.05, 4.69) is 20.6 Å². The van der Waals surface area contributed by atoms with Crippen molar-refractivity contribution in [2.75, 3.05) is 6.54 Å². The van der Waals surface area contributed by atoms with Crippen molar-refractivity contribution < 1.29 is 4.79 Å². The second-order valence-corrected chi connectivity index (χ2v) is 6.19. The molecule has 1 amide bonds. The zero-order valence-corrected chi connectivity index (χ0v) is 14.6. The summed E-state index contributed by atoms with van der Waals surface area (Å²) in [4.78, 5) is 31.8. The van der Waals surface area contributed by atoms with Crippen LogP contribution < -0.4 is 26.8 Å². The average molecular weight is 349 g/mol. The maximum absolute atomic E-state index is 12.4. The van der Waals surface area contributed by atoms with E-state index in [4.69, 9.17) is 5.26 Å². The summed E-state index contributed by atoms with van der Waals surface area (Å²) >= 11 is 0. The van der Waals surface area contributed by atoms with E-state index in [0.29, 0.717) is 23.4 Å². The highest BCUT2D eigenvalue weighted by molar-refractivity contribution is 5.79. The van der Waals surface area contributed by atoms with Crippen molar-refractivity contribution in [1.29, 1.82) is 5.26 Å². The van der Waals surface area contributed by atoms with Crippen LogP contribution in [0.2, 0.25) is 0 Å². The first-order chi connectivity index (χ1) is 12.5. The summed E-state index contributed by atoms with van der Waals surface area (Å²) in [7, 11) is 0. The van der Waals surface area contributed by atoms with Crippen molar-refractivity contribution >= 4 is 18.2 Å². The number of amides is 1. The van der Waals surface area contributed by atoms with E-state index < -0.39 is 0 Å². The first-order valence-electron chi connectivity index (χ1n) is 8.30. The molecule has 26 heavy (non-hydrogen) atoms. The maximum Gasteiger partial charge on any atom is 0.252 e. The van der Waals surface area contributed by atoms with E-state index in [-0.39, 0.29) is 23.9 Å². The van der Waals surface area contributed by atoms with Crippen molar-refractivity contribution in [3.05, 3.63) is 61.6 Å². The number of hydrogen-bond donors (Lipinski definition) is 3. The van der Waals surface area contributed by atoms with Crippen LogP contribution in [0, 0.1) is 18.3 Å². The van der Waals surface area contributed by atoms with Gasteiger partial charge >= 0.3 is 0 Å². The van der Waals surface area contributed by atoms with Gasteiger partial charge in [0.1, 0.15) is 6.07 Å². The van der Waals surface area contributed by atoms with Crippen molar-refractivity contribution in [2.24, 2.45) is 0 Å². The summed E-state index contributed by atoms with van der Waals surface area (Å²) in [6.45, 7) is 4.32. The van der Waals surface area contributed by atoms with Crippen LogP contribution in [0.15, 0.2) is 23.1 Å². The monoisotopic (exact) mass is 349 g/mol. The zero-order valence-electron chi connectivity index (χ0n) is 14.6. The number of pyridine rings is 2. The van der Waals surface area contributed by atoms with Gasteiger partial charge in [0.2, 0.25) is 5.91 Å². The van der Waals surface area contributed by atoms with Gasteiger partial charge in [-0.05, 0) is 37.6 Å². The number of carbonyl (C=O) groups excluding carboxylic acids is 1. The number of carbonyl (C=O) groups is 1. The topological polar surface area (TPSA) is 111 Å². The largest absolute Gasteiger partial charge is 0.387 e. The number of nitriles is 1. The Morgan fingerprint density at radius 1 is 1.46 bits per heavy atom. The minimum Gasteiger partial charge on any atom is -0.387 e. The van der Waals surface area contributed by atoms with Crippen molar-refractivity contribution in [3.63, 3.8) is 0 Å². The Hall–Kier alpha value is -3.40. The number of nitrogens with one attached hydrogen (secondary N) is 3. The molecule has 0 radical (unpaired) electrons. The molecule has 7 heteroatoms. The quantitative estimate of drug-likeness (QED) is 0.689. The molecule has 0 spiro atoms. The SMILES string of the molecule is Cc1c(CC(=O)N[C@@H](C)c2ccc(C#N)cn2)c(=O)[nH]c2c1=CNCC=2. The van der Waals surface area contributed by atoms with Gasteiger partial charge in [-0.15, -0.1) is 0 Å². The lowest BCUT2D eigenvalue weighted by molar-refractivity contribution is -0.121. The molecule has 3 N–H and O–H groups in total. The van der Waals surface area contributed by atoms with E-state index in [9.17, 15) is 9.59 Å². The number of hydrogen-bond acceptors (Lipinski definition) is 5. The predicted molar refractivity (Wildman–Crippen MR) is 97.2 cm³/mol. The fourth-order valence-electron chi connectivity index (χ4n) is 2.94. The number of nitrogens with zero attached hydrogens (tertiary/aromatic N) is 2. The van der Waals surface area contributed by atoms with Crippen LogP contribution in [0.4, 0.5) is 0 Å². The molecule has 132 valence electrons. The van der Waals surface area contributed by atoms with Gasteiger partial charge in [0.05, 0.1) is 23.7 Å². The highest BCUT2D eigenvalue weighted by Gasteiger charge is 2.15. The zero-order chi connectivity index (χ0) is 18.7. The summed E-state index contributed by atoms with van der Waals surface area (Å²) < 4.78 is 0. The molecule has 0 unspecified atom stereocenters. The lowest BCUT2D eigenvalue weighted by Gasteiger charge is -2.14. The van der Waals surface area contributed by atoms with Crippen molar-refractivity contribution in [3.8, 4) is 6.07 Å². The maximum atomic E-state index is 12.4. The highest BCUT2D eigenvalue weighted by Crippen LogP contribution is 2.10. The molecule has 3 heterocycles. The Kier molecular flexibility index (Phi) is 4.85. The molecule has 3 rings (SSSR count). The van der Waals surface area contributed by atoms with Crippen LogP contribution >= 0.6 is 0 Å². The van der Waals surface area contributed by atoms with Crippen LogP contribution in [0.1, 0.15) is 35.3 Å². The highest BCUT2D eigenvalue weighted by atomic mass is 16.2. The molecular formula is C19H19N5O2. The van der Waals surface area contributed by atoms with Gasteiger partial charge in [-0.3, -0.25) is 14.6 Å². The van der Waals surface area contributed by atoms with E-state index in [1.165, 1.54) is 6.20 Å². The first kappa shape index (κ1) is 17.4. The smallest absolute Gasteiger partial charge is 0.252 e. The summed E-state index contributed by atoms with van der Waals surface area (Å²) in [5.41, 5.74) is 2.12. The molecule has 1 atom stereocenters. The number of H-pyrrole nitrogens is 1. The number of rotatable bonds is 4.